The van der Waals surface area contributed by atoms with Gasteiger partial charge in [0, 0.05) is 18.7 Å². The van der Waals surface area contributed by atoms with Crippen LogP contribution in [0.25, 0.3) is 0 Å². The van der Waals surface area contributed by atoms with Crippen molar-refractivity contribution in [2.24, 2.45) is 12.8 Å². The van der Waals surface area contributed by atoms with Gasteiger partial charge in [0.05, 0.1) is 18.5 Å². The van der Waals surface area contributed by atoms with Gasteiger partial charge in [-0.25, -0.2) is 0 Å². The predicted molar refractivity (Wildman–Crippen MR) is 56.2 cm³/mol. The molecule has 0 aliphatic carbocycles. The molecule has 3 N–H and O–H groups in total. The van der Waals surface area contributed by atoms with Gasteiger partial charge in [-0.1, -0.05) is 0 Å². The van der Waals surface area contributed by atoms with Crippen molar-refractivity contribution in [1.29, 1.82) is 0 Å². The molecule has 6 heteroatoms. The maximum absolute atomic E-state index is 8.92. The van der Waals surface area contributed by atoms with Crippen LogP contribution in [0, 0.1) is 0 Å². The van der Waals surface area contributed by atoms with Crippen molar-refractivity contribution >= 4 is 24.8 Å². The van der Waals surface area contributed by atoms with Crippen LogP contribution < -0.4 is 5.73 Å². The molecular weight excluding hydrogens is 213 g/mol. The minimum atomic E-state index is -0.0640. The molecule has 0 saturated carbocycles. The maximum Gasteiger partial charge on any atom is 0.0853 e. The average molecular weight is 228 g/mol. The normalized spacial score (nSPS) is 11.4. The van der Waals surface area contributed by atoms with E-state index in [4.69, 9.17) is 10.8 Å². The van der Waals surface area contributed by atoms with Crippen molar-refractivity contribution in [3.05, 3.63) is 17.5 Å². The highest BCUT2D eigenvalue weighted by atomic mass is 35.5. The molecule has 0 bridgehead atoms. The van der Waals surface area contributed by atoms with Crippen LogP contribution in [0.5, 0.6) is 0 Å². The molecule has 0 aliphatic heterocycles. The van der Waals surface area contributed by atoms with Gasteiger partial charge in [-0.15, -0.1) is 24.8 Å². The first-order valence-electron chi connectivity index (χ1n) is 3.54. The van der Waals surface area contributed by atoms with Crippen molar-refractivity contribution in [2.45, 2.75) is 19.6 Å². The SMILES string of the molecule is CC(N)c1cnn(C)c1CO.Cl.Cl. The predicted octanol–water partition coefficient (Wildman–Crippen LogP) is 0.776. The van der Waals surface area contributed by atoms with Crippen molar-refractivity contribution in [3.8, 4) is 0 Å². The molecule has 0 aliphatic rings. The molecule has 78 valence electrons. The fourth-order valence-corrected chi connectivity index (χ4v) is 1.05. The Bertz CT molecular complexity index is 250. The largest absolute Gasteiger partial charge is 0.390 e. The third-order valence-corrected chi connectivity index (χ3v) is 1.73. The van der Waals surface area contributed by atoms with Crippen molar-refractivity contribution < 1.29 is 5.11 Å². The van der Waals surface area contributed by atoms with Crippen LogP contribution in [0.2, 0.25) is 0 Å². The lowest BCUT2D eigenvalue weighted by molar-refractivity contribution is 0.269. The smallest absolute Gasteiger partial charge is 0.0853 e. The zero-order valence-electron chi connectivity index (χ0n) is 7.60. The second-order valence-corrected chi connectivity index (χ2v) is 2.62. The first-order chi connectivity index (χ1) is 5.16. The molecule has 1 rings (SSSR count). The third-order valence-electron chi connectivity index (χ3n) is 1.73. The summed E-state index contributed by atoms with van der Waals surface area (Å²) >= 11 is 0. The number of rotatable bonds is 2. The van der Waals surface area contributed by atoms with Gasteiger partial charge in [-0.05, 0) is 6.92 Å². The molecule has 0 saturated heterocycles. The van der Waals surface area contributed by atoms with E-state index in [0.717, 1.165) is 11.3 Å². The molecule has 1 aromatic rings. The van der Waals surface area contributed by atoms with Crippen LogP contribution in [0.4, 0.5) is 0 Å². The van der Waals surface area contributed by atoms with E-state index in [9.17, 15) is 0 Å². The Morgan fingerprint density at radius 2 is 2.15 bits per heavy atom. The quantitative estimate of drug-likeness (QED) is 0.786. The molecule has 13 heavy (non-hydrogen) atoms. The van der Waals surface area contributed by atoms with Crippen molar-refractivity contribution in [3.63, 3.8) is 0 Å². The highest BCUT2D eigenvalue weighted by Crippen LogP contribution is 2.13. The number of nitrogens with two attached hydrogens (primary N) is 1. The molecular formula is C7H15Cl2N3O. The van der Waals surface area contributed by atoms with Crippen molar-refractivity contribution in [1.82, 2.24) is 9.78 Å². The molecule has 1 unspecified atom stereocenters. The standard InChI is InChI=1S/C7H13N3O.2ClH/c1-5(8)6-3-9-10(2)7(6)4-11;;/h3,5,11H,4,8H2,1-2H3;2*1H. The monoisotopic (exact) mass is 227 g/mol. The first kappa shape index (κ1) is 15.2. The highest BCUT2D eigenvalue weighted by molar-refractivity contribution is 5.85. The fraction of sp³-hybridized carbons (Fsp3) is 0.571. The molecule has 0 radical (unpaired) electrons. The van der Waals surface area contributed by atoms with Crippen molar-refractivity contribution in [2.75, 3.05) is 0 Å². The van der Waals surface area contributed by atoms with Gasteiger partial charge in [0.15, 0.2) is 0 Å². The Morgan fingerprint density at radius 1 is 1.62 bits per heavy atom. The zero-order chi connectivity index (χ0) is 8.43. The number of hydrogen-bond donors (Lipinski definition) is 2. The molecule has 1 aromatic heterocycles. The van der Waals surface area contributed by atoms with Gasteiger partial charge in [-0.3, -0.25) is 4.68 Å². The van der Waals surface area contributed by atoms with Gasteiger partial charge in [0.25, 0.3) is 0 Å². The first-order valence-corrected chi connectivity index (χ1v) is 3.54. The minimum Gasteiger partial charge on any atom is -0.390 e. The summed E-state index contributed by atoms with van der Waals surface area (Å²) in [4.78, 5) is 0. The molecule has 0 aromatic carbocycles. The van der Waals surface area contributed by atoms with E-state index in [-0.39, 0.29) is 37.5 Å². The van der Waals surface area contributed by atoms with E-state index in [2.05, 4.69) is 5.10 Å². The van der Waals surface area contributed by atoms with Crippen LogP contribution in [-0.2, 0) is 13.7 Å². The minimum absolute atomic E-state index is 0. The van der Waals surface area contributed by atoms with Crippen LogP contribution in [0.15, 0.2) is 6.20 Å². The average Bonchev–Trinajstić information content (AvgIpc) is 2.30. The van der Waals surface area contributed by atoms with Crippen LogP contribution in [-0.4, -0.2) is 14.9 Å². The van der Waals surface area contributed by atoms with Crippen LogP contribution in [0.3, 0.4) is 0 Å². The molecule has 0 fully saturated rings. The summed E-state index contributed by atoms with van der Waals surface area (Å²) in [5, 5.41) is 12.9. The van der Waals surface area contributed by atoms with Gasteiger partial charge in [0.2, 0.25) is 0 Å². The number of hydrogen-bond acceptors (Lipinski definition) is 3. The Morgan fingerprint density at radius 3 is 2.46 bits per heavy atom. The number of aliphatic hydroxyl groups is 1. The summed E-state index contributed by atoms with van der Waals surface area (Å²) in [5.41, 5.74) is 7.34. The third kappa shape index (κ3) is 3.15. The summed E-state index contributed by atoms with van der Waals surface area (Å²) in [7, 11) is 1.79. The van der Waals surface area contributed by atoms with E-state index < -0.39 is 0 Å². The number of aromatic nitrogens is 2. The summed E-state index contributed by atoms with van der Waals surface area (Å²) in [6.45, 7) is 1.86. The van der Waals surface area contributed by atoms with E-state index >= 15 is 0 Å². The molecule has 1 atom stereocenters. The summed E-state index contributed by atoms with van der Waals surface area (Å²) in [6, 6.07) is -0.0640. The topological polar surface area (TPSA) is 64.1 Å². The fourth-order valence-electron chi connectivity index (χ4n) is 1.05. The molecule has 4 nitrogen and oxygen atoms in total. The maximum atomic E-state index is 8.92. The lowest BCUT2D eigenvalue weighted by Gasteiger charge is -2.04. The van der Waals surface area contributed by atoms with Gasteiger partial charge < -0.3 is 10.8 Å². The molecule has 0 amide bonds. The second-order valence-electron chi connectivity index (χ2n) is 2.62. The molecule has 1 heterocycles. The van der Waals surface area contributed by atoms with E-state index in [1.807, 2.05) is 6.92 Å². The Labute approximate surface area is 89.9 Å². The van der Waals surface area contributed by atoms with Crippen LogP contribution >= 0.6 is 24.8 Å². The van der Waals surface area contributed by atoms with E-state index in [1.165, 1.54) is 0 Å². The van der Waals surface area contributed by atoms with Gasteiger partial charge in [-0.2, -0.15) is 5.10 Å². The summed E-state index contributed by atoms with van der Waals surface area (Å²) in [6.07, 6.45) is 1.69. The number of aliphatic hydroxyl groups excluding tert-OH is 1. The lowest BCUT2D eigenvalue weighted by Crippen LogP contribution is -2.08. The number of halogens is 2. The summed E-state index contributed by atoms with van der Waals surface area (Å²) in [5.74, 6) is 0. The second kappa shape index (κ2) is 6.21. The zero-order valence-corrected chi connectivity index (χ0v) is 9.23. The van der Waals surface area contributed by atoms with Gasteiger partial charge >= 0.3 is 0 Å². The van der Waals surface area contributed by atoms with Gasteiger partial charge in [0.1, 0.15) is 0 Å². The summed E-state index contributed by atoms with van der Waals surface area (Å²) < 4.78 is 1.64. The van der Waals surface area contributed by atoms with E-state index in [1.54, 1.807) is 17.9 Å². The van der Waals surface area contributed by atoms with Crippen LogP contribution in [0.1, 0.15) is 24.2 Å². The Balaban J connectivity index is 0. The number of aryl methyl sites for hydroxylation is 1. The molecule has 0 spiro atoms. The lowest BCUT2D eigenvalue weighted by atomic mass is 10.1. The Kier molecular flexibility index (Phi) is 7.26. The highest BCUT2D eigenvalue weighted by Gasteiger charge is 2.09. The Hall–Kier alpha value is -0.290. The number of nitrogens with zero attached hydrogens (tertiary/aromatic N) is 2. The van der Waals surface area contributed by atoms with E-state index in [0.29, 0.717) is 0 Å².